The van der Waals surface area contributed by atoms with Crippen molar-refractivity contribution in [1.29, 1.82) is 0 Å². The summed E-state index contributed by atoms with van der Waals surface area (Å²) in [6, 6.07) is 39.1. The van der Waals surface area contributed by atoms with Crippen molar-refractivity contribution >= 4 is 29.9 Å². The van der Waals surface area contributed by atoms with Crippen LogP contribution in [0.2, 0.25) is 0 Å². The zero-order chi connectivity index (χ0) is 18.1. The largest absolute Gasteiger partial charge is 1.00 e. The van der Waals surface area contributed by atoms with E-state index in [1.54, 1.807) is 0 Å². The van der Waals surface area contributed by atoms with Gasteiger partial charge in [-0.15, -0.1) is 11.4 Å². The Kier molecular flexibility index (Phi) is 5.70. The molecule has 0 aliphatic carbocycles. The van der Waals surface area contributed by atoms with Crippen LogP contribution in [-0.2, 0) is 0 Å². The molecule has 0 atom stereocenters. The van der Waals surface area contributed by atoms with Crippen LogP contribution in [0.4, 0.5) is 11.4 Å². The maximum atomic E-state index is 4.94. The van der Waals surface area contributed by atoms with Gasteiger partial charge in [0.15, 0.2) is 0 Å². The van der Waals surface area contributed by atoms with Gasteiger partial charge >= 0.3 is 18.9 Å². The maximum absolute atomic E-state index is 4.94. The summed E-state index contributed by atoms with van der Waals surface area (Å²) < 4.78 is 0. The Hall–Kier alpha value is -2.29. The van der Waals surface area contributed by atoms with Gasteiger partial charge < -0.3 is 5.32 Å². The van der Waals surface area contributed by atoms with Crippen LogP contribution in [-0.4, -0.2) is 0 Å². The Bertz CT molecular complexity index is 981. The first-order valence-electron chi connectivity index (χ1n) is 9.21. The topological polar surface area (TPSA) is 14.1 Å². The van der Waals surface area contributed by atoms with Gasteiger partial charge in [-0.2, -0.15) is 0 Å². The second-order valence-corrected chi connectivity index (χ2v) is 8.96. The van der Waals surface area contributed by atoms with Crippen LogP contribution >= 0.6 is 7.92 Å². The molecule has 0 unspecified atom stereocenters. The first-order valence-corrected chi connectivity index (χ1v) is 10.6. The molecule has 28 heavy (non-hydrogen) atoms. The molecule has 4 aromatic carbocycles. The van der Waals surface area contributed by atoms with Crippen LogP contribution < -0.4 is 29.5 Å². The number of nitrogens with zero attached hydrogens (tertiary/aromatic N) is 1. The van der Waals surface area contributed by atoms with Gasteiger partial charge in [0.05, 0.1) is 0 Å². The van der Waals surface area contributed by atoms with Crippen molar-refractivity contribution in [2.75, 3.05) is 0 Å². The summed E-state index contributed by atoms with van der Waals surface area (Å²) in [5.74, 6) is 0. The SMILES string of the molecule is [Li+].c1ccc(P(c2ccccc2)C2c3ccccc3[N-]c3ccccc32)cc1. The summed E-state index contributed by atoms with van der Waals surface area (Å²) >= 11 is 0. The second-order valence-electron chi connectivity index (χ2n) is 6.67. The molecule has 5 rings (SSSR count). The molecule has 130 valence electrons. The fourth-order valence-electron chi connectivity index (χ4n) is 3.84. The monoisotopic (exact) mass is 371 g/mol. The van der Waals surface area contributed by atoms with E-state index in [1.807, 2.05) is 0 Å². The summed E-state index contributed by atoms with van der Waals surface area (Å²) in [4.78, 5) is 0. The van der Waals surface area contributed by atoms with Crippen LogP contribution in [0.5, 0.6) is 0 Å². The Balaban J connectivity index is 0.00000192. The zero-order valence-electron chi connectivity index (χ0n) is 15.9. The molecule has 3 heteroatoms. The maximum Gasteiger partial charge on any atom is 1.00 e. The van der Waals surface area contributed by atoms with Crippen molar-refractivity contribution in [2.24, 2.45) is 0 Å². The number of fused-ring (bicyclic) bond motifs is 2. The third kappa shape index (κ3) is 3.43. The van der Waals surface area contributed by atoms with Crippen LogP contribution in [0.25, 0.3) is 5.32 Å². The van der Waals surface area contributed by atoms with Gasteiger partial charge in [-0.1, -0.05) is 120 Å². The number of benzene rings is 4. The van der Waals surface area contributed by atoms with Crippen molar-refractivity contribution in [1.82, 2.24) is 0 Å². The third-order valence-corrected chi connectivity index (χ3v) is 7.81. The fourth-order valence-corrected chi connectivity index (χ4v) is 6.72. The van der Waals surface area contributed by atoms with Gasteiger partial charge in [-0.25, -0.2) is 0 Å². The molecular formula is C25H19LiNP. The summed E-state index contributed by atoms with van der Waals surface area (Å²) in [5.41, 5.74) is 5.15. The van der Waals surface area contributed by atoms with Crippen molar-refractivity contribution in [3.63, 3.8) is 0 Å². The molecular weight excluding hydrogens is 352 g/mol. The molecule has 4 aromatic rings. The molecule has 1 heterocycles. The Labute approximate surface area is 179 Å². The number of hydrogen-bond acceptors (Lipinski definition) is 0. The smallest absolute Gasteiger partial charge is 0.657 e. The third-order valence-electron chi connectivity index (χ3n) is 5.03. The molecule has 0 amide bonds. The summed E-state index contributed by atoms with van der Waals surface area (Å²) in [6.45, 7) is 0. The molecule has 0 aromatic heterocycles. The van der Waals surface area contributed by atoms with Crippen LogP contribution in [0.15, 0.2) is 109 Å². The van der Waals surface area contributed by atoms with Gasteiger partial charge in [0.1, 0.15) is 0 Å². The first kappa shape index (κ1) is 19.0. The van der Waals surface area contributed by atoms with Crippen LogP contribution in [0, 0.1) is 0 Å². The van der Waals surface area contributed by atoms with Gasteiger partial charge in [-0.05, 0) is 18.5 Å². The minimum Gasteiger partial charge on any atom is -0.657 e. The molecule has 0 radical (unpaired) electrons. The van der Waals surface area contributed by atoms with Gasteiger partial charge in [-0.3, -0.25) is 0 Å². The van der Waals surface area contributed by atoms with E-state index >= 15 is 0 Å². The standard InChI is InChI=1S/C25H19NP.Li/c1-3-11-19(12-4-1)27(20-13-5-2-6-14-20)25-21-15-7-9-17-23(21)26-24-18-10-8-16-22(24)25;/h1-18,25H;/q-1;+1. The molecule has 0 saturated heterocycles. The predicted octanol–water partition coefficient (Wildman–Crippen LogP) is 3.56. The predicted molar refractivity (Wildman–Crippen MR) is 116 cm³/mol. The van der Waals surface area contributed by atoms with Crippen LogP contribution in [0.1, 0.15) is 16.8 Å². The van der Waals surface area contributed by atoms with E-state index in [1.165, 1.54) is 21.7 Å². The Morgan fingerprint density at radius 2 is 0.893 bits per heavy atom. The van der Waals surface area contributed by atoms with E-state index in [4.69, 9.17) is 5.32 Å². The molecule has 0 saturated carbocycles. The van der Waals surface area contributed by atoms with Crippen LogP contribution in [0.3, 0.4) is 0 Å². The number of rotatable bonds is 3. The van der Waals surface area contributed by atoms with Crippen molar-refractivity contribution in [3.8, 4) is 0 Å². The van der Waals surface area contributed by atoms with Crippen molar-refractivity contribution < 1.29 is 18.9 Å². The van der Waals surface area contributed by atoms with E-state index in [-0.39, 0.29) is 18.9 Å². The van der Waals surface area contributed by atoms with Crippen molar-refractivity contribution in [3.05, 3.63) is 126 Å². The fraction of sp³-hybridized carbons (Fsp3) is 0.0400. The van der Waals surface area contributed by atoms with E-state index in [0.717, 1.165) is 11.4 Å². The normalized spacial score (nSPS) is 12.5. The first-order chi connectivity index (χ1) is 13.4. The molecule has 0 N–H and O–H groups in total. The quantitative estimate of drug-likeness (QED) is 0.386. The average Bonchev–Trinajstić information content (AvgIpc) is 2.75. The van der Waals surface area contributed by atoms with E-state index < -0.39 is 7.92 Å². The summed E-state index contributed by atoms with van der Waals surface area (Å²) in [7, 11) is -0.602. The molecule has 1 aliphatic rings. The minimum absolute atomic E-state index is 0. The van der Waals surface area contributed by atoms with E-state index in [9.17, 15) is 0 Å². The number of hydrogen-bond donors (Lipinski definition) is 0. The average molecular weight is 371 g/mol. The molecule has 1 nitrogen and oxygen atoms in total. The van der Waals surface area contributed by atoms with Gasteiger partial charge in [0.25, 0.3) is 0 Å². The minimum atomic E-state index is -0.602. The summed E-state index contributed by atoms with van der Waals surface area (Å²) in [5, 5.41) is 7.74. The molecule has 1 aliphatic heterocycles. The van der Waals surface area contributed by atoms with Crippen molar-refractivity contribution in [2.45, 2.75) is 5.66 Å². The van der Waals surface area contributed by atoms with E-state index in [0.29, 0.717) is 5.66 Å². The van der Waals surface area contributed by atoms with Gasteiger partial charge in [0.2, 0.25) is 0 Å². The second kappa shape index (κ2) is 8.38. The molecule has 0 spiro atoms. The van der Waals surface area contributed by atoms with Gasteiger partial charge in [0, 0.05) is 5.66 Å². The Morgan fingerprint density at radius 3 is 1.36 bits per heavy atom. The number of para-hydroxylation sites is 2. The molecule has 0 fully saturated rings. The zero-order valence-corrected chi connectivity index (χ0v) is 16.8. The Morgan fingerprint density at radius 1 is 0.500 bits per heavy atom. The molecule has 0 bridgehead atoms. The van der Waals surface area contributed by atoms with E-state index in [2.05, 4.69) is 109 Å². The summed E-state index contributed by atoms with van der Waals surface area (Å²) in [6.07, 6.45) is 0.